The fourth-order valence-corrected chi connectivity index (χ4v) is 3.92. The lowest BCUT2D eigenvalue weighted by atomic mass is 10.2. The van der Waals surface area contributed by atoms with Crippen molar-refractivity contribution in [2.75, 3.05) is 31.8 Å². The van der Waals surface area contributed by atoms with E-state index >= 15 is 0 Å². The largest absolute Gasteiger partial charge is 0.378 e. The smallest absolute Gasteiger partial charge is 0.233 e. The minimum Gasteiger partial charge on any atom is -0.378 e. The van der Waals surface area contributed by atoms with Gasteiger partial charge in [-0.15, -0.1) is 10.2 Å². The summed E-state index contributed by atoms with van der Waals surface area (Å²) in [6.07, 6.45) is 0. The summed E-state index contributed by atoms with van der Waals surface area (Å²) in [5.41, 5.74) is 3.28. The first-order chi connectivity index (χ1) is 14.0. The summed E-state index contributed by atoms with van der Waals surface area (Å²) >= 11 is 1.43. The highest BCUT2D eigenvalue weighted by molar-refractivity contribution is 7.99. The van der Waals surface area contributed by atoms with Crippen LogP contribution in [0.2, 0.25) is 0 Å². The standard InChI is InChI=1S/C22H27N5OS/c1-5-27-21(18-9-7-6-8-10-18)23-24-22(27)29-16-20(28)26(4)15-17-11-13-19(14-12-17)25(2)3/h6-14H,5,15-16H2,1-4H3. The van der Waals surface area contributed by atoms with Crippen LogP contribution in [-0.2, 0) is 17.9 Å². The van der Waals surface area contributed by atoms with E-state index in [-0.39, 0.29) is 5.91 Å². The maximum absolute atomic E-state index is 12.6. The summed E-state index contributed by atoms with van der Waals surface area (Å²) in [7, 11) is 5.86. The van der Waals surface area contributed by atoms with E-state index in [1.807, 2.05) is 56.0 Å². The van der Waals surface area contributed by atoms with Crippen LogP contribution in [0.25, 0.3) is 11.4 Å². The topological polar surface area (TPSA) is 54.3 Å². The molecular weight excluding hydrogens is 382 g/mol. The molecule has 7 heteroatoms. The molecule has 0 aliphatic rings. The molecule has 0 bridgehead atoms. The maximum Gasteiger partial charge on any atom is 0.233 e. The Balaban J connectivity index is 1.61. The van der Waals surface area contributed by atoms with Crippen molar-refractivity contribution < 1.29 is 4.79 Å². The van der Waals surface area contributed by atoms with Crippen LogP contribution < -0.4 is 4.90 Å². The molecule has 1 heterocycles. The van der Waals surface area contributed by atoms with Crippen LogP contribution in [-0.4, -0.2) is 52.5 Å². The van der Waals surface area contributed by atoms with Gasteiger partial charge in [0.05, 0.1) is 5.75 Å². The second-order valence-corrected chi connectivity index (χ2v) is 7.96. The molecule has 29 heavy (non-hydrogen) atoms. The van der Waals surface area contributed by atoms with Gasteiger partial charge in [-0.1, -0.05) is 54.2 Å². The number of anilines is 1. The fraction of sp³-hybridized carbons (Fsp3) is 0.318. The van der Waals surface area contributed by atoms with Crippen LogP contribution in [0.3, 0.4) is 0 Å². The van der Waals surface area contributed by atoms with Crippen molar-refractivity contribution in [3.63, 3.8) is 0 Å². The number of aromatic nitrogens is 3. The Labute approximate surface area is 176 Å². The van der Waals surface area contributed by atoms with Gasteiger partial charge < -0.3 is 14.4 Å². The van der Waals surface area contributed by atoms with Crippen molar-refractivity contribution in [2.45, 2.75) is 25.2 Å². The van der Waals surface area contributed by atoms with Gasteiger partial charge in [-0.05, 0) is 24.6 Å². The van der Waals surface area contributed by atoms with Crippen molar-refractivity contribution in [2.24, 2.45) is 0 Å². The first-order valence-electron chi connectivity index (χ1n) is 9.61. The molecule has 152 valence electrons. The Morgan fingerprint density at radius 1 is 1.00 bits per heavy atom. The average Bonchev–Trinajstić information content (AvgIpc) is 3.15. The highest BCUT2D eigenvalue weighted by Gasteiger charge is 2.16. The third-order valence-electron chi connectivity index (χ3n) is 4.69. The summed E-state index contributed by atoms with van der Waals surface area (Å²) in [5.74, 6) is 1.23. The van der Waals surface area contributed by atoms with Crippen molar-refractivity contribution in [1.29, 1.82) is 0 Å². The van der Waals surface area contributed by atoms with Crippen LogP contribution in [0.5, 0.6) is 0 Å². The van der Waals surface area contributed by atoms with E-state index in [0.29, 0.717) is 12.3 Å². The van der Waals surface area contributed by atoms with Crippen LogP contribution in [0.4, 0.5) is 5.69 Å². The average molecular weight is 410 g/mol. The van der Waals surface area contributed by atoms with Gasteiger partial charge >= 0.3 is 0 Å². The molecule has 0 fully saturated rings. The number of thioether (sulfide) groups is 1. The zero-order valence-corrected chi connectivity index (χ0v) is 18.2. The molecule has 0 aliphatic heterocycles. The summed E-state index contributed by atoms with van der Waals surface area (Å²) in [4.78, 5) is 16.4. The van der Waals surface area contributed by atoms with Gasteiger partial charge in [0, 0.05) is 45.5 Å². The zero-order chi connectivity index (χ0) is 20.8. The second kappa shape index (κ2) is 9.60. The molecule has 0 atom stereocenters. The van der Waals surface area contributed by atoms with E-state index < -0.39 is 0 Å². The van der Waals surface area contributed by atoms with Crippen LogP contribution in [0.15, 0.2) is 59.8 Å². The quantitative estimate of drug-likeness (QED) is 0.530. The molecule has 1 amide bonds. The van der Waals surface area contributed by atoms with E-state index in [1.165, 1.54) is 11.8 Å². The Hall–Kier alpha value is -2.80. The number of amides is 1. The Morgan fingerprint density at radius 3 is 2.31 bits per heavy atom. The molecule has 3 rings (SSSR count). The van der Waals surface area contributed by atoms with Gasteiger partial charge in [-0.2, -0.15) is 0 Å². The maximum atomic E-state index is 12.6. The highest BCUT2D eigenvalue weighted by Crippen LogP contribution is 2.24. The van der Waals surface area contributed by atoms with E-state index in [2.05, 4.69) is 46.3 Å². The predicted octanol–water partition coefficient (Wildman–Crippen LogP) is 3.78. The van der Waals surface area contributed by atoms with E-state index in [9.17, 15) is 4.79 Å². The van der Waals surface area contributed by atoms with E-state index in [0.717, 1.165) is 34.3 Å². The molecule has 0 spiro atoms. The molecule has 0 saturated carbocycles. The van der Waals surface area contributed by atoms with Gasteiger partial charge in [0.2, 0.25) is 5.91 Å². The van der Waals surface area contributed by atoms with E-state index in [4.69, 9.17) is 0 Å². The molecule has 0 radical (unpaired) electrons. The highest BCUT2D eigenvalue weighted by atomic mass is 32.2. The van der Waals surface area contributed by atoms with Crippen molar-refractivity contribution in [3.8, 4) is 11.4 Å². The lowest BCUT2D eigenvalue weighted by molar-refractivity contribution is -0.127. The van der Waals surface area contributed by atoms with Crippen molar-refractivity contribution in [3.05, 3.63) is 60.2 Å². The van der Waals surface area contributed by atoms with Gasteiger partial charge in [-0.25, -0.2) is 0 Å². The first-order valence-corrected chi connectivity index (χ1v) is 10.6. The Kier molecular flexibility index (Phi) is 6.93. The van der Waals surface area contributed by atoms with Gasteiger partial charge in [0.15, 0.2) is 11.0 Å². The van der Waals surface area contributed by atoms with Crippen molar-refractivity contribution in [1.82, 2.24) is 19.7 Å². The van der Waals surface area contributed by atoms with Crippen molar-refractivity contribution >= 4 is 23.4 Å². The molecule has 0 aliphatic carbocycles. The third-order valence-corrected chi connectivity index (χ3v) is 5.64. The minimum absolute atomic E-state index is 0.0681. The lowest BCUT2D eigenvalue weighted by Gasteiger charge is -2.18. The van der Waals surface area contributed by atoms with E-state index in [1.54, 1.807) is 4.90 Å². The number of nitrogens with zero attached hydrogens (tertiary/aromatic N) is 5. The summed E-state index contributed by atoms with van der Waals surface area (Å²) in [6, 6.07) is 18.2. The summed E-state index contributed by atoms with van der Waals surface area (Å²) in [5, 5.41) is 9.41. The van der Waals surface area contributed by atoms with Crippen LogP contribution >= 0.6 is 11.8 Å². The Morgan fingerprint density at radius 2 is 1.69 bits per heavy atom. The van der Waals surface area contributed by atoms with Crippen LogP contribution in [0, 0.1) is 0 Å². The lowest BCUT2D eigenvalue weighted by Crippen LogP contribution is -2.28. The molecule has 0 saturated heterocycles. The molecule has 0 N–H and O–H groups in total. The number of rotatable bonds is 8. The number of hydrogen-bond donors (Lipinski definition) is 0. The SMILES string of the molecule is CCn1c(SCC(=O)N(C)Cc2ccc(N(C)C)cc2)nnc1-c1ccccc1. The van der Waals surface area contributed by atoms with Gasteiger partial charge in [-0.3, -0.25) is 4.79 Å². The monoisotopic (exact) mass is 409 g/mol. The predicted molar refractivity (Wildman–Crippen MR) is 119 cm³/mol. The van der Waals surface area contributed by atoms with Gasteiger partial charge in [0.25, 0.3) is 0 Å². The minimum atomic E-state index is 0.0681. The molecule has 1 aromatic heterocycles. The molecule has 0 unspecified atom stereocenters. The zero-order valence-electron chi connectivity index (χ0n) is 17.4. The normalized spacial score (nSPS) is 10.8. The summed E-state index contributed by atoms with van der Waals surface area (Å²) in [6.45, 7) is 3.40. The number of benzene rings is 2. The number of hydrogen-bond acceptors (Lipinski definition) is 5. The Bertz CT molecular complexity index is 938. The van der Waals surface area contributed by atoms with Gasteiger partial charge in [0.1, 0.15) is 0 Å². The first kappa shape index (κ1) is 20.9. The van der Waals surface area contributed by atoms with Crippen LogP contribution in [0.1, 0.15) is 12.5 Å². The molecule has 2 aromatic carbocycles. The third kappa shape index (κ3) is 5.17. The summed E-state index contributed by atoms with van der Waals surface area (Å²) < 4.78 is 2.05. The molecule has 6 nitrogen and oxygen atoms in total. The second-order valence-electron chi connectivity index (χ2n) is 7.02. The number of carbonyl (C=O) groups excluding carboxylic acids is 1. The fourth-order valence-electron chi connectivity index (χ4n) is 2.98. The molecular formula is C22H27N5OS. The molecule has 3 aromatic rings. The number of carbonyl (C=O) groups is 1.